The highest BCUT2D eigenvalue weighted by Crippen LogP contribution is 2.40. The summed E-state index contributed by atoms with van der Waals surface area (Å²) < 4.78 is 0. The number of nitrogens with zero attached hydrogens (tertiary/aromatic N) is 1. The Labute approximate surface area is 117 Å². The molecule has 3 atom stereocenters. The Balaban J connectivity index is 1.92. The Bertz CT molecular complexity index is 429. The highest BCUT2D eigenvalue weighted by Gasteiger charge is 2.35. The first kappa shape index (κ1) is 13.0. The van der Waals surface area contributed by atoms with E-state index in [9.17, 15) is 0 Å². The van der Waals surface area contributed by atoms with Gasteiger partial charge in [0.1, 0.15) is 0 Å². The molecule has 0 amide bonds. The van der Waals surface area contributed by atoms with Crippen molar-refractivity contribution in [3.8, 4) is 0 Å². The Morgan fingerprint density at radius 2 is 2.00 bits per heavy atom. The zero-order valence-electron chi connectivity index (χ0n) is 12.0. The molecule has 1 saturated carbocycles. The molecular weight excluding hydrogens is 232 g/mol. The third kappa shape index (κ3) is 2.38. The van der Waals surface area contributed by atoms with Crippen LogP contribution in [-0.4, -0.2) is 12.6 Å². The zero-order valence-corrected chi connectivity index (χ0v) is 12.0. The smallest absolute Gasteiger partial charge is 0.0417 e. The van der Waals surface area contributed by atoms with Crippen molar-refractivity contribution in [3.05, 3.63) is 29.8 Å². The van der Waals surface area contributed by atoms with Crippen molar-refractivity contribution in [2.45, 2.75) is 57.5 Å². The van der Waals surface area contributed by atoms with Gasteiger partial charge < -0.3 is 10.6 Å². The van der Waals surface area contributed by atoms with Crippen LogP contribution in [0.3, 0.4) is 0 Å². The van der Waals surface area contributed by atoms with E-state index in [-0.39, 0.29) is 6.04 Å². The Morgan fingerprint density at radius 3 is 2.84 bits per heavy atom. The summed E-state index contributed by atoms with van der Waals surface area (Å²) >= 11 is 0. The van der Waals surface area contributed by atoms with E-state index in [1.165, 1.54) is 49.9 Å². The highest BCUT2D eigenvalue weighted by molar-refractivity contribution is 5.56. The molecule has 1 aromatic rings. The number of nitrogens with two attached hydrogens (primary N) is 1. The summed E-state index contributed by atoms with van der Waals surface area (Å²) in [7, 11) is 0. The van der Waals surface area contributed by atoms with Crippen molar-refractivity contribution in [1.82, 2.24) is 0 Å². The lowest BCUT2D eigenvalue weighted by Crippen LogP contribution is -2.43. The van der Waals surface area contributed by atoms with Gasteiger partial charge in [0.05, 0.1) is 0 Å². The maximum Gasteiger partial charge on any atom is 0.0417 e. The molecule has 3 rings (SSSR count). The fourth-order valence-corrected chi connectivity index (χ4v) is 4.04. The summed E-state index contributed by atoms with van der Waals surface area (Å²) in [6.07, 6.45) is 8.01. The van der Waals surface area contributed by atoms with Crippen LogP contribution in [-0.2, 0) is 0 Å². The SMILES string of the molecule is CC[C@@H](N)c1ccccc1N1CCCC2CCCC21. The van der Waals surface area contributed by atoms with Crippen LogP contribution >= 0.6 is 0 Å². The third-order valence-corrected chi connectivity index (χ3v) is 5.08. The first-order chi connectivity index (χ1) is 9.31. The fraction of sp³-hybridized carbons (Fsp3) is 0.647. The van der Waals surface area contributed by atoms with Gasteiger partial charge in [0.2, 0.25) is 0 Å². The van der Waals surface area contributed by atoms with Gasteiger partial charge in [0.15, 0.2) is 0 Å². The quantitative estimate of drug-likeness (QED) is 0.892. The number of anilines is 1. The Morgan fingerprint density at radius 1 is 1.21 bits per heavy atom. The molecule has 2 heteroatoms. The van der Waals surface area contributed by atoms with E-state index in [4.69, 9.17) is 5.73 Å². The summed E-state index contributed by atoms with van der Waals surface area (Å²) in [6.45, 7) is 3.39. The minimum atomic E-state index is 0.179. The maximum absolute atomic E-state index is 6.31. The molecule has 1 saturated heterocycles. The molecule has 2 nitrogen and oxygen atoms in total. The van der Waals surface area contributed by atoms with Crippen LogP contribution in [0, 0.1) is 5.92 Å². The molecule has 104 valence electrons. The number of hydrogen-bond donors (Lipinski definition) is 1. The van der Waals surface area contributed by atoms with E-state index in [0.29, 0.717) is 0 Å². The largest absolute Gasteiger partial charge is 0.368 e. The van der Waals surface area contributed by atoms with Crippen LogP contribution in [0.2, 0.25) is 0 Å². The lowest BCUT2D eigenvalue weighted by atomic mass is 9.90. The molecule has 0 aromatic heterocycles. The molecule has 2 aliphatic rings. The number of benzene rings is 1. The van der Waals surface area contributed by atoms with E-state index in [1.54, 1.807) is 0 Å². The minimum Gasteiger partial charge on any atom is -0.368 e. The summed E-state index contributed by atoms with van der Waals surface area (Å²) in [5.41, 5.74) is 9.07. The van der Waals surface area contributed by atoms with Crippen LogP contribution in [0.5, 0.6) is 0 Å². The molecule has 1 heterocycles. The van der Waals surface area contributed by atoms with Crippen LogP contribution in [0.4, 0.5) is 5.69 Å². The summed E-state index contributed by atoms with van der Waals surface area (Å²) in [4.78, 5) is 2.67. The zero-order chi connectivity index (χ0) is 13.2. The number of fused-ring (bicyclic) bond motifs is 1. The standard InChI is InChI=1S/C17H26N2/c1-2-15(18)14-9-3-4-10-17(14)19-12-6-8-13-7-5-11-16(13)19/h3-4,9-10,13,15-16H,2,5-8,11-12,18H2,1H3/t13?,15-,16?/m1/s1. The minimum absolute atomic E-state index is 0.179. The Hall–Kier alpha value is -1.02. The second-order valence-corrected chi connectivity index (χ2v) is 6.17. The van der Waals surface area contributed by atoms with Crippen molar-refractivity contribution < 1.29 is 0 Å². The van der Waals surface area contributed by atoms with Gasteiger partial charge in [-0.3, -0.25) is 0 Å². The number of para-hydroxylation sites is 1. The molecule has 0 radical (unpaired) electrons. The van der Waals surface area contributed by atoms with Crippen molar-refractivity contribution in [2.75, 3.05) is 11.4 Å². The molecule has 2 N–H and O–H groups in total. The molecule has 0 bridgehead atoms. The fourth-order valence-electron chi connectivity index (χ4n) is 4.04. The average molecular weight is 258 g/mol. The summed E-state index contributed by atoms with van der Waals surface area (Å²) in [6, 6.07) is 9.76. The second kappa shape index (κ2) is 5.54. The average Bonchev–Trinajstić information content (AvgIpc) is 2.94. The highest BCUT2D eigenvalue weighted by atomic mass is 15.2. The van der Waals surface area contributed by atoms with E-state index in [1.807, 2.05) is 0 Å². The van der Waals surface area contributed by atoms with Crippen molar-refractivity contribution in [3.63, 3.8) is 0 Å². The first-order valence-corrected chi connectivity index (χ1v) is 7.92. The molecule has 19 heavy (non-hydrogen) atoms. The van der Waals surface area contributed by atoms with Gasteiger partial charge in [0.25, 0.3) is 0 Å². The maximum atomic E-state index is 6.31. The van der Waals surface area contributed by atoms with Crippen molar-refractivity contribution in [2.24, 2.45) is 11.7 Å². The van der Waals surface area contributed by atoms with Gasteiger partial charge in [-0.2, -0.15) is 0 Å². The monoisotopic (exact) mass is 258 g/mol. The molecule has 2 unspecified atom stereocenters. The van der Waals surface area contributed by atoms with Gasteiger partial charge in [-0.1, -0.05) is 31.5 Å². The van der Waals surface area contributed by atoms with Crippen molar-refractivity contribution >= 4 is 5.69 Å². The van der Waals surface area contributed by atoms with E-state index >= 15 is 0 Å². The van der Waals surface area contributed by atoms with Gasteiger partial charge in [-0.25, -0.2) is 0 Å². The predicted molar refractivity (Wildman–Crippen MR) is 81.4 cm³/mol. The summed E-state index contributed by atoms with van der Waals surface area (Å²) in [5.74, 6) is 0.930. The van der Waals surface area contributed by atoms with Gasteiger partial charge in [0, 0.05) is 24.3 Å². The number of rotatable bonds is 3. The molecule has 1 aliphatic carbocycles. The van der Waals surface area contributed by atoms with E-state index in [2.05, 4.69) is 36.1 Å². The topological polar surface area (TPSA) is 29.3 Å². The summed E-state index contributed by atoms with van der Waals surface area (Å²) in [5, 5.41) is 0. The van der Waals surface area contributed by atoms with Gasteiger partial charge in [-0.05, 0) is 49.7 Å². The molecule has 2 fully saturated rings. The van der Waals surface area contributed by atoms with E-state index in [0.717, 1.165) is 18.4 Å². The first-order valence-electron chi connectivity index (χ1n) is 7.92. The van der Waals surface area contributed by atoms with Crippen LogP contribution in [0.25, 0.3) is 0 Å². The van der Waals surface area contributed by atoms with E-state index < -0.39 is 0 Å². The number of hydrogen-bond acceptors (Lipinski definition) is 2. The molecule has 1 aliphatic heterocycles. The molecule has 1 aromatic carbocycles. The lowest BCUT2D eigenvalue weighted by Gasteiger charge is -2.41. The normalized spacial score (nSPS) is 28.2. The third-order valence-electron chi connectivity index (χ3n) is 5.08. The second-order valence-electron chi connectivity index (χ2n) is 6.17. The molecule has 0 spiro atoms. The van der Waals surface area contributed by atoms with Crippen molar-refractivity contribution in [1.29, 1.82) is 0 Å². The predicted octanol–water partition coefficient (Wildman–Crippen LogP) is 3.87. The molecular formula is C17H26N2. The van der Waals surface area contributed by atoms with Crippen LogP contribution in [0.1, 0.15) is 57.1 Å². The van der Waals surface area contributed by atoms with Gasteiger partial charge >= 0.3 is 0 Å². The Kier molecular flexibility index (Phi) is 3.79. The lowest BCUT2D eigenvalue weighted by molar-refractivity contribution is 0.361. The van der Waals surface area contributed by atoms with Gasteiger partial charge in [-0.15, -0.1) is 0 Å². The number of piperidine rings is 1. The van der Waals surface area contributed by atoms with Crippen LogP contribution in [0.15, 0.2) is 24.3 Å². The van der Waals surface area contributed by atoms with Crippen LogP contribution < -0.4 is 10.6 Å².